The summed E-state index contributed by atoms with van der Waals surface area (Å²) in [4.78, 5) is 14.2. The first kappa shape index (κ1) is 27.4. The van der Waals surface area contributed by atoms with Gasteiger partial charge in [-0.05, 0) is 56.7 Å². The average molecular weight is 582 g/mol. The molecule has 0 atom stereocenters. The molecule has 0 unspecified atom stereocenters. The third kappa shape index (κ3) is 6.42. The lowest BCUT2D eigenvalue weighted by Gasteiger charge is -2.40. The minimum Gasteiger partial charge on any atom is -0.490 e. The third-order valence-electron chi connectivity index (χ3n) is 6.75. The molecule has 1 aliphatic carbocycles. The molecule has 2 aromatic carbocycles. The van der Waals surface area contributed by atoms with E-state index >= 15 is 0 Å². The number of carbonyl (C=O) groups excluding carboxylic acids is 1. The highest BCUT2D eigenvalue weighted by Gasteiger charge is 2.34. The lowest BCUT2D eigenvalue weighted by atomic mass is 9.84. The summed E-state index contributed by atoms with van der Waals surface area (Å²) in [5.74, 6) is -2.91. The molecule has 0 aromatic heterocycles. The number of rotatable bonds is 6. The summed E-state index contributed by atoms with van der Waals surface area (Å²) in [7, 11) is -4.52. The maximum atomic E-state index is 14.0. The Morgan fingerprint density at radius 2 is 1.56 bits per heavy atom. The SMILES string of the molecule is O=C(NS(=O)(=O)c1cc(Cl)c(F)cc1F)[C@H]1CC[C@H](N2CCC(Oc3ccc(Cl)c(Cl)c3)CC2)CC1. The fourth-order valence-corrected chi connectivity index (χ4v) is 6.43. The molecule has 196 valence electrons. The Morgan fingerprint density at radius 1 is 0.889 bits per heavy atom. The van der Waals surface area contributed by atoms with E-state index in [9.17, 15) is 22.0 Å². The number of piperidine rings is 1. The van der Waals surface area contributed by atoms with Crippen LogP contribution in [0.4, 0.5) is 8.78 Å². The Morgan fingerprint density at radius 3 is 2.19 bits per heavy atom. The van der Waals surface area contributed by atoms with E-state index in [-0.39, 0.29) is 6.10 Å². The molecule has 1 saturated carbocycles. The summed E-state index contributed by atoms with van der Waals surface area (Å²) in [5, 5.41) is 0.385. The predicted octanol–water partition coefficient (Wildman–Crippen LogP) is 5.83. The molecular weight excluding hydrogens is 557 g/mol. The second-order valence-corrected chi connectivity index (χ2v) is 12.0. The Hall–Kier alpha value is -1.65. The fraction of sp³-hybridized carbons (Fsp3) is 0.458. The number of halogens is 5. The molecule has 1 aliphatic heterocycles. The molecule has 4 rings (SSSR count). The lowest BCUT2D eigenvalue weighted by Crippen LogP contribution is -2.46. The smallest absolute Gasteiger partial charge is 0.267 e. The van der Waals surface area contributed by atoms with Gasteiger partial charge in [0.15, 0.2) is 0 Å². The van der Waals surface area contributed by atoms with Crippen LogP contribution >= 0.6 is 34.8 Å². The van der Waals surface area contributed by atoms with Crippen LogP contribution in [0.15, 0.2) is 35.2 Å². The van der Waals surface area contributed by atoms with Gasteiger partial charge >= 0.3 is 0 Å². The Balaban J connectivity index is 1.25. The van der Waals surface area contributed by atoms with E-state index in [0.29, 0.717) is 46.8 Å². The van der Waals surface area contributed by atoms with E-state index in [0.717, 1.165) is 38.8 Å². The van der Waals surface area contributed by atoms with Gasteiger partial charge in [-0.15, -0.1) is 0 Å². The first-order chi connectivity index (χ1) is 17.0. The number of hydrogen-bond acceptors (Lipinski definition) is 5. The van der Waals surface area contributed by atoms with Crippen molar-refractivity contribution < 1.29 is 26.7 Å². The third-order valence-corrected chi connectivity index (χ3v) is 9.14. The van der Waals surface area contributed by atoms with E-state index < -0.39 is 43.4 Å². The molecule has 2 fully saturated rings. The first-order valence-corrected chi connectivity index (χ1v) is 14.2. The monoisotopic (exact) mass is 580 g/mol. The highest BCUT2D eigenvalue weighted by Crippen LogP contribution is 2.32. The van der Waals surface area contributed by atoms with Crippen molar-refractivity contribution in [3.05, 3.63) is 57.0 Å². The van der Waals surface area contributed by atoms with Crippen LogP contribution in [0.5, 0.6) is 5.75 Å². The number of nitrogens with zero attached hydrogens (tertiary/aromatic N) is 1. The quantitative estimate of drug-likeness (QED) is 0.435. The van der Waals surface area contributed by atoms with Crippen LogP contribution in [0.1, 0.15) is 38.5 Å². The number of ether oxygens (including phenoxy) is 1. The van der Waals surface area contributed by atoms with Crippen molar-refractivity contribution in [2.75, 3.05) is 13.1 Å². The van der Waals surface area contributed by atoms with E-state index in [1.807, 2.05) is 4.72 Å². The molecule has 2 aromatic rings. The summed E-state index contributed by atoms with van der Waals surface area (Å²) >= 11 is 17.6. The summed E-state index contributed by atoms with van der Waals surface area (Å²) < 4.78 is 60.3. The van der Waals surface area contributed by atoms with E-state index in [1.165, 1.54) is 0 Å². The van der Waals surface area contributed by atoms with Crippen molar-refractivity contribution in [1.82, 2.24) is 9.62 Å². The molecule has 1 N–H and O–H groups in total. The Kier molecular flexibility index (Phi) is 8.67. The lowest BCUT2D eigenvalue weighted by molar-refractivity contribution is -0.124. The van der Waals surface area contributed by atoms with Crippen LogP contribution in [0.3, 0.4) is 0 Å². The molecule has 0 radical (unpaired) electrons. The van der Waals surface area contributed by atoms with Gasteiger partial charge in [0.1, 0.15) is 28.4 Å². The molecule has 0 bridgehead atoms. The maximum Gasteiger partial charge on any atom is 0.267 e. The molecule has 1 amide bonds. The van der Waals surface area contributed by atoms with Gasteiger partial charge in [0.05, 0.1) is 15.1 Å². The highest BCUT2D eigenvalue weighted by molar-refractivity contribution is 7.90. The highest BCUT2D eigenvalue weighted by atomic mass is 35.5. The summed E-state index contributed by atoms with van der Waals surface area (Å²) in [6.45, 7) is 1.71. The second-order valence-electron chi connectivity index (χ2n) is 9.10. The van der Waals surface area contributed by atoms with E-state index in [2.05, 4.69) is 4.90 Å². The Labute approximate surface area is 223 Å². The van der Waals surface area contributed by atoms with Crippen LogP contribution < -0.4 is 9.46 Å². The van der Waals surface area contributed by atoms with Gasteiger partial charge in [-0.1, -0.05) is 34.8 Å². The minimum absolute atomic E-state index is 0.0752. The summed E-state index contributed by atoms with van der Waals surface area (Å²) in [6.07, 6.45) is 4.29. The number of nitrogens with one attached hydrogen (secondary N) is 1. The topological polar surface area (TPSA) is 75.7 Å². The maximum absolute atomic E-state index is 14.0. The molecule has 0 spiro atoms. The predicted molar refractivity (Wildman–Crippen MR) is 134 cm³/mol. The van der Waals surface area contributed by atoms with Gasteiger partial charge in [0.25, 0.3) is 10.0 Å². The van der Waals surface area contributed by atoms with Crippen LogP contribution in [0, 0.1) is 17.6 Å². The largest absolute Gasteiger partial charge is 0.490 e. The van der Waals surface area contributed by atoms with Crippen LogP contribution in [-0.4, -0.2) is 44.5 Å². The van der Waals surface area contributed by atoms with Gasteiger partial charge in [0, 0.05) is 37.2 Å². The van der Waals surface area contributed by atoms with Crippen molar-refractivity contribution in [2.24, 2.45) is 5.92 Å². The molecule has 36 heavy (non-hydrogen) atoms. The number of benzene rings is 2. The van der Waals surface area contributed by atoms with Crippen LogP contribution in [0.25, 0.3) is 0 Å². The number of hydrogen-bond donors (Lipinski definition) is 1. The average Bonchev–Trinajstić information content (AvgIpc) is 2.84. The Bertz CT molecular complexity index is 1230. The van der Waals surface area contributed by atoms with Crippen molar-refractivity contribution in [3.63, 3.8) is 0 Å². The van der Waals surface area contributed by atoms with E-state index in [4.69, 9.17) is 39.5 Å². The van der Waals surface area contributed by atoms with Crippen LogP contribution in [0.2, 0.25) is 15.1 Å². The summed E-state index contributed by atoms with van der Waals surface area (Å²) in [6, 6.07) is 6.55. The van der Waals surface area contributed by atoms with Gasteiger partial charge in [0.2, 0.25) is 5.91 Å². The zero-order chi connectivity index (χ0) is 26.0. The summed E-state index contributed by atoms with van der Waals surface area (Å²) in [5.41, 5.74) is 0. The number of carbonyl (C=O) groups is 1. The number of amides is 1. The number of sulfonamides is 1. The second kappa shape index (κ2) is 11.4. The molecule has 1 saturated heterocycles. The normalized spacial score (nSPS) is 21.8. The van der Waals surface area contributed by atoms with Crippen molar-refractivity contribution in [2.45, 2.75) is 55.6 Å². The molecule has 1 heterocycles. The van der Waals surface area contributed by atoms with Gasteiger partial charge < -0.3 is 9.64 Å². The first-order valence-electron chi connectivity index (χ1n) is 11.6. The molecular formula is C24H25Cl3F2N2O4S. The standard InChI is InChI=1S/C24H25Cl3F2N2O4S/c25-18-6-5-17(11-19(18)26)35-16-7-9-31(10-8-16)15-3-1-14(2-4-15)24(32)30-36(33,34)23-12-20(27)21(28)13-22(23)29/h5-6,11-16H,1-4,7-10H2,(H,30,32)/t14-,15-. The van der Waals surface area contributed by atoms with Crippen molar-refractivity contribution in [1.29, 1.82) is 0 Å². The molecule has 2 aliphatic rings. The minimum atomic E-state index is -4.52. The van der Waals surface area contributed by atoms with Gasteiger partial charge in [-0.2, -0.15) is 0 Å². The fourth-order valence-electron chi connectivity index (χ4n) is 4.79. The molecule has 6 nitrogen and oxygen atoms in total. The van der Waals surface area contributed by atoms with Crippen molar-refractivity contribution in [3.8, 4) is 5.75 Å². The van der Waals surface area contributed by atoms with Crippen molar-refractivity contribution >= 4 is 50.7 Å². The zero-order valence-corrected chi connectivity index (χ0v) is 22.2. The van der Waals surface area contributed by atoms with Crippen LogP contribution in [-0.2, 0) is 14.8 Å². The molecule has 12 heteroatoms. The zero-order valence-electron chi connectivity index (χ0n) is 19.2. The van der Waals surface area contributed by atoms with Gasteiger partial charge in [-0.3, -0.25) is 4.79 Å². The number of likely N-dealkylation sites (tertiary alicyclic amines) is 1. The van der Waals surface area contributed by atoms with E-state index in [1.54, 1.807) is 18.2 Å². The van der Waals surface area contributed by atoms with Gasteiger partial charge in [-0.25, -0.2) is 21.9 Å².